The van der Waals surface area contributed by atoms with Gasteiger partial charge in [-0.15, -0.1) is 5.10 Å². The summed E-state index contributed by atoms with van der Waals surface area (Å²) < 4.78 is 6.82. The average molecular weight is 245 g/mol. The zero-order valence-corrected chi connectivity index (χ0v) is 10.7. The zero-order chi connectivity index (χ0) is 11.6. The molecule has 1 heterocycles. The second kappa shape index (κ2) is 8.49. The summed E-state index contributed by atoms with van der Waals surface area (Å²) in [6.07, 6.45) is 2.21. The van der Waals surface area contributed by atoms with Crippen molar-refractivity contribution in [3.05, 3.63) is 0 Å². The minimum atomic E-state index is 0.809. The van der Waals surface area contributed by atoms with E-state index in [0.717, 1.165) is 43.4 Å². The van der Waals surface area contributed by atoms with Gasteiger partial charge in [0.05, 0.1) is 6.54 Å². The molecular formula is C9H19N5OS. The number of hydrogen-bond donors (Lipinski definition) is 1. The molecule has 0 spiro atoms. The van der Waals surface area contributed by atoms with E-state index in [4.69, 9.17) is 4.74 Å². The van der Waals surface area contributed by atoms with Crippen molar-refractivity contribution in [1.82, 2.24) is 25.5 Å². The Hall–Kier alpha value is -0.660. The quantitative estimate of drug-likeness (QED) is 0.502. The maximum Gasteiger partial charge on any atom is 0.209 e. The lowest BCUT2D eigenvalue weighted by Crippen LogP contribution is -2.16. The fourth-order valence-electron chi connectivity index (χ4n) is 1.17. The third kappa shape index (κ3) is 4.91. The van der Waals surface area contributed by atoms with Crippen LogP contribution >= 0.6 is 11.8 Å². The highest BCUT2D eigenvalue weighted by atomic mass is 32.2. The lowest BCUT2D eigenvalue weighted by Gasteiger charge is -2.03. The van der Waals surface area contributed by atoms with E-state index >= 15 is 0 Å². The van der Waals surface area contributed by atoms with Crippen LogP contribution in [0.5, 0.6) is 0 Å². The number of unbranched alkanes of at least 4 members (excludes halogenated alkanes) is 1. The third-order valence-corrected chi connectivity index (χ3v) is 3.09. The Balaban J connectivity index is 2.22. The largest absolute Gasteiger partial charge is 0.385 e. The SMILES string of the molecule is CNCCn1nnnc1SCCCCOC. The minimum absolute atomic E-state index is 0.809. The summed E-state index contributed by atoms with van der Waals surface area (Å²) in [5, 5.41) is 15.6. The molecule has 0 aliphatic carbocycles. The lowest BCUT2D eigenvalue weighted by atomic mass is 10.4. The van der Waals surface area contributed by atoms with Crippen molar-refractivity contribution in [2.45, 2.75) is 24.5 Å². The van der Waals surface area contributed by atoms with Crippen LogP contribution in [-0.2, 0) is 11.3 Å². The van der Waals surface area contributed by atoms with Crippen molar-refractivity contribution in [1.29, 1.82) is 0 Å². The van der Waals surface area contributed by atoms with E-state index in [1.54, 1.807) is 18.9 Å². The molecule has 0 unspecified atom stereocenters. The Morgan fingerprint density at radius 2 is 2.31 bits per heavy atom. The molecule has 1 aromatic rings. The first-order chi connectivity index (χ1) is 7.88. The molecule has 0 atom stereocenters. The van der Waals surface area contributed by atoms with Crippen LogP contribution in [0.4, 0.5) is 0 Å². The van der Waals surface area contributed by atoms with E-state index < -0.39 is 0 Å². The van der Waals surface area contributed by atoms with Gasteiger partial charge in [-0.3, -0.25) is 0 Å². The summed E-state index contributed by atoms with van der Waals surface area (Å²) in [4.78, 5) is 0. The molecule has 6 nitrogen and oxygen atoms in total. The fraction of sp³-hybridized carbons (Fsp3) is 0.889. The maximum atomic E-state index is 4.99. The maximum absolute atomic E-state index is 4.99. The van der Waals surface area contributed by atoms with E-state index in [2.05, 4.69) is 20.8 Å². The van der Waals surface area contributed by atoms with E-state index in [1.165, 1.54) is 0 Å². The fourth-order valence-corrected chi connectivity index (χ4v) is 2.07. The Morgan fingerprint density at radius 1 is 1.44 bits per heavy atom. The molecule has 1 rings (SSSR count). The van der Waals surface area contributed by atoms with Gasteiger partial charge in [-0.25, -0.2) is 4.68 Å². The number of hydrogen-bond acceptors (Lipinski definition) is 6. The summed E-state index contributed by atoms with van der Waals surface area (Å²) in [7, 11) is 3.65. The van der Waals surface area contributed by atoms with Crippen molar-refractivity contribution >= 4 is 11.8 Å². The highest BCUT2D eigenvalue weighted by molar-refractivity contribution is 7.99. The molecular weight excluding hydrogens is 226 g/mol. The van der Waals surface area contributed by atoms with E-state index in [-0.39, 0.29) is 0 Å². The molecule has 1 aromatic heterocycles. The average Bonchev–Trinajstić information content (AvgIpc) is 2.74. The van der Waals surface area contributed by atoms with Crippen LogP contribution in [0.3, 0.4) is 0 Å². The zero-order valence-electron chi connectivity index (χ0n) is 9.85. The number of likely N-dealkylation sites (N-methyl/N-ethyl adjacent to an activating group) is 1. The van der Waals surface area contributed by atoms with Gasteiger partial charge in [0.25, 0.3) is 0 Å². The predicted molar refractivity (Wildman–Crippen MR) is 63.6 cm³/mol. The van der Waals surface area contributed by atoms with Gasteiger partial charge in [-0.1, -0.05) is 11.8 Å². The predicted octanol–water partition coefficient (Wildman–Crippen LogP) is 0.411. The number of nitrogens with zero attached hydrogens (tertiary/aromatic N) is 4. The summed E-state index contributed by atoms with van der Waals surface area (Å²) in [6, 6.07) is 0. The van der Waals surface area contributed by atoms with Crippen LogP contribution in [0.15, 0.2) is 5.16 Å². The van der Waals surface area contributed by atoms with Crippen molar-refractivity contribution < 1.29 is 4.74 Å². The van der Waals surface area contributed by atoms with Crippen LogP contribution in [0, 0.1) is 0 Å². The van der Waals surface area contributed by atoms with Crippen LogP contribution in [-0.4, -0.2) is 53.3 Å². The normalized spacial score (nSPS) is 10.9. The highest BCUT2D eigenvalue weighted by Gasteiger charge is 2.05. The number of methoxy groups -OCH3 is 1. The minimum Gasteiger partial charge on any atom is -0.385 e. The standard InChI is InChI=1S/C9H19N5OS/c1-10-5-6-14-9(11-12-13-14)16-8-4-3-7-15-2/h10H,3-8H2,1-2H3. The summed E-state index contributed by atoms with van der Waals surface area (Å²) in [6.45, 7) is 2.51. The lowest BCUT2D eigenvalue weighted by molar-refractivity contribution is 0.194. The Kier molecular flexibility index (Phi) is 7.11. The van der Waals surface area contributed by atoms with E-state index in [1.807, 2.05) is 11.7 Å². The number of rotatable bonds is 9. The number of thioether (sulfide) groups is 1. The molecule has 1 N–H and O–H groups in total. The molecule has 0 aliphatic heterocycles. The van der Waals surface area contributed by atoms with E-state index in [0.29, 0.717) is 0 Å². The molecule has 16 heavy (non-hydrogen) atoms. The van der Waals surface area contributed by atoms with Crippen molar-refractivity contribution in [2.75, 3.05) is 33.1 Å². The van der Waals surface area contributed by atoms with Crippen molar-refractivity contribution in [3.8, 4) is 0 Å². The van der Waals surface area contributed by atoms with Crippen molar-refractivity contribution in [2.24, 2.45) is 0 Å². The molecule has 7 heteroatoms. The van der Waals surface area contributed by atoms with Crippen LogP contribution < -0.4 is 5.32 Å². The Bertz CT molecular complexity index is 281. The van der Waals surface area contributed by atoms with Gasteiger partial charge in [0.15, 0.2) is 0 Å². The first kappa shape index (κ1) is 13.4. The summed E-state index contributed by atoms with van der Waals surface area (Å²) in [5.74, 6) is 1.03. The monoisotopic (exact) mass is 245 g/mol. The van der Waals surface area contributed by atoms with Crippen LogP contribution in [0.1, 0.15) is 12.8 Å². The van der Waals surface area contributed by atoms with Crippen molar-refractivity contribution in [3.63, 3.8) is 0 Å². The molecule has 92 valence electrons. The molecule has 0 saturated carbocycles. The second-order valence-electron chi connectivity index (χ2n) is 3.34. The summed E-state index contributed by atoms with van der Waals surface area (Å²) >= 11 is 1.70. The highest BCUT2D eigenvalue weighted by Crippen LogP contribution is 2.15. The molecule has 0 radical (unpaired) electrons. The molecule has 0 bridgehead atoms. The van der Waals surface area contributed by atoms with Gasteiger partial charge in [-0.2, -0.15) is 0 Å². The second-order valence-corrected chi connectivity index (χ2v) is 4.40. The number of ether oxygens (including phenoxy) is 1. The number of tetrazole rings is 1. The van der Waals surface area contributed by atoms with Crippen LogP contribution in [0.25, 0.3) is 0 Å². The molecule has 0 fully saturated rings. The van der Waals surface area contributed by atoms with Gasteiger partial charge in [0, 0.05) is 26.0 Å². The Morgan fingerprint density at radius 3 is 3.06 bits per heavy atom. The molecule has 0 amide bonds. The van der Waals surface area contributed by atoms with Gasteiger partial charge in [0.2, 0.25) is 5.16 Å². The van der Waals surface area contributed by atoms with Gasteiger partial charge in [0.1, 0.15) is 0 Å². The van der Waals surface area contributed by atoms with E-state index in [9.17, 15) is 0 Å². The smallest absolute Gasteiger partial charge is 0.209 e. The van der Waals surface area contributed by atoms with Gasteiger partial charge >= 0.3 is 0 Å². The number of nitrogens with one attached hydrogen (secondary N) is 1. The first-order valence-electron chi connectivity index (χ1n) is 5.41. The summed E-state index contributed by atoms with van der Waals surface area (Å²) in [5.41, 5.74) is 0. The molecule has 0 aromatic carbocycles. The third-order valence-electron chi connectivity index (χ3n) is 2.05. The molecule has 0 saturated heterocycles. The molecule has 0 aliphatic rings. The van der Waals surface area contributed by atoms with Gasteiger partial charge in [-0.05, 0) is 30.3 Å². The van der Waals surface area contributed by atoms with Gasteiger partial charge < -0.3 is 10.1 Å². The van der Waals surface area contributed by atoms with Crippen LogP contribution in [0.2, 0.25) is 0 Å². The topological polar surface area (TPSA) is 64.9 Å². The Labute approximate surface area is 100 Å². The first-order valence-corrected chi connectivity index (χ1v) is 6.39. The number of aromatic nitrogens is 4.